The summed E-state index contributed by atoms with van der Waals surface area (Å²) < 4.78 is 0. The third-order valence-corrected chi connectivity index (χ3v) is 0.729. The van der Waals surface area contributed by atoms with Gasteiger partial charge >= 0.3 is 0 Å². The standard InChI is InChI=1S/C5H12N2.C2H6/c1-4-5(2)7-6-3;1-2/h6-7H,2,4H2,1,3H3;1-2H3. The zero-order chi connectivity index (χ0) is 7.70. The summed E-state index contributed by atoms with van der Waals surface area (Å²) >= 11 is 0. The van der Waals surface area contributed by atoms with E-state index in [0.29, 0.717) is 0 Å². The Balaban J connectivity index is 0. The number of hydrogen-bond acceptors (Lipinski definition) is 2. The maximum Gasteiger partial charge on any atom is 0.0187 e. The van der Waals surface area contributed by atoms with Crippen molar-refractivity contribution in [3.05, 3.63) is 12.3 Å². The minimum atomic E-state index is 0.973. The summed E-state index contributed by atoms with van der Waals surface area (Å²) in [5.74, 6) is 0. The van der Waals surface area contributed by atoms with Crippen LogP contribution in [0.2, 0.25) is 0 Å². The van der Waals surface area contributed by atoms with Crippen LogP contribution in [0, 0.1) is 0 Å². The second-order valence-electron chi connectivity index (χ2n) is 1.33. The van der Waals surface area contributed by atoms with Gasteiger partial charge in [0.05, 0.1) is 0 Å². The molecule has 2 nitrogen and oxygen atoms in total. The first-order chi connectivity index (χ1) is 4.31. The number of allylic oxidation sites excluding steroid dienone is 1. The topological polar surface area (TPSA) is 24.1 Å². The Morgan fingerprint density at radius 2 is 1.89 bits per heavy atom. The lowest BCUT2D eigenvalue weighted by Gasteiger charge is -2.01. The van der Waals surface area contributed by atoms with Crippen molar-refractivity contribution in [1.82, 2.24) is 10.9 Å². The second kappa shape index (κ2) is 10.5. The zero-order valence-corrected chi connectivity index (χ0v) is 6.91. The molecule has 0 atom stereocenters. The van der Waals surface area contributed by atoms with Crippen LogP contribution in [0.25, 0.3) is 0 Å². The van der Waals surface area contributed by atoms with E-state index >= 15 is 0 Å². The van der Waals surface area contributed by atoms with E-state index in [2.05, 4.69) is 17.4 Å². The average molecular weight is 130 g/mol. The Hall–Kier alpha value is -0.500. The summed E-state index contributed by atoms with van der Waals surface area (Å²) in [4.78, 5) is 0. The summed E-state index contributed by atoms with van der Waals surface area (Å²) in [6.07, 6.45) is 0.973. The van der Waals surface area contributed by atoms with Crippen molar-refractivity contribution >= 4 is 0 Å². The molecule has 0 saturated heterocycles. The van der Waals surface area contributed by atoms with Gasteiger partial charge in [-0.1, -0.05) is 27.4 Å². The van der Waals surface area contributed by atoms with Crippen molar-refractivity contribution < 1.29 is 0 Å². The van der Waals surface area contributed by atoms with Crippen LogP contribution in [0.15, 0.2) is 12.3 Å². The zero-order valence-electron chi connectivity index (χ0n) is 6.91. The summed E-state index contributed by atoms with van der Waals surface area (Å²) in [7, 11) is 1.82. The Bertz CT molecular complexity index is 59.9. The van der Waals surface area contributed by atoms with Crippen LogP contribution in [-0.2, 0) is 0 Å². The lowest BCUT2D eigenvalue weighted by atomic mass is 10.4. The van der Waals surface area contributed by atoms with Gasteiger partial charge in [-0.3, -0.25) is 0 Å². The molecule has 0 aromatic heterocycles. The molecule has 0 saturated carbocycles. The predicted octanol–water partition coefficient (Wildman–Crippen LogP) is 1.66. The SMILES string of the molecule is C=C(CC)NNC.CC. The fourth-order valence-corrected chi connectivity index (χ4v) is 0.265. The average Bonchev–Trinajstić information content (AvgIpc) is 1.93. The second-order valence-corrected chi connectivity index (χ2v) is 1.33. The van der Waals surface area contributed by atoms with Crippen molar-refractivity contribution in [2.45, 2.75) is 27.2 Å². The fraction of sp³-hybridized carbons (Fsp3) is 0.714. The highest BCUT2D eigenvalue weighted by molar-refractivity contribution is 4.86. The molecule has 56 valence electrons. The molecular formula is C7H18N2. The highest BCUT2D eigenvalue weighted by atomic mass is 15.3. The largest absolute Gasteiger partial charge is 0.326 e. The predicted molar refractivity (Wildman–Crippen MR) is 43.0 cm³/mol. The molecule has 9 heavy (non-hydrogen) atoms. The maximum atomic E-state index is 3.69. The minimum absolute atomic E-state index is 0.973. The van der Waals surface area contributed by atoms with Crippen LogP contribution >= 0.6 is 0 Å². The molecule has 0 radical (unpaired) electrons. The van der Waals surface area contributed by atoms with Gasteiger partial charge in [-0.15, -0.1) is 0 Å². The number of rotatable bonds is 3. The van der Waals surface area contributed by atoms with Crippen molar-refractivity contribution in [3.63, 3.8) is 0 Å². The van der Waals surface area contributed by atoms with Gasteiger partial charge in [0, 0.05) is 12.7 Å². The van der Waals surface area contributed by atoms with E-state index < -0.39 is 0 Å². The first-order valence-corrected chi connectivity index (χ1v) is 3.41. The van der Waals surface area contributed by atoms with Crippen LogP contribution in [0.1, 0.15) is 27.2 Å². The summed E-state index contributed by atoms with van der Waals surface area (Å²) in [6.45, 7) is 9.74. The number of hydrogen-bond donors (Lipinski definition) is 2. The van der Waals surface area contributed by atoms with Gasteiger partial charge in [-0.25, -0.2) is 5.43 Å². The summed E-state index contributed by atoms with van der Waals surface area (Å²) in [5.41, 5.74) is 6.64. The number of hydrazine groups is 1. The van der Waals surface area contributed by atoms with Gasteiger partial charge in [0.25, 0.3) is 0 Å². The molecule has 0 bridgehead atoms. The van der Waals surface area contributed by atoms with Gasteiger partial charge in [0.2, 0.25) is 0 Å². The number of nitrogens with one attached hydrogen (secondary N) is 2. The maximum absolute atomic E-state index is 3.69. The van der Waals surface area contributed by atoms with E-state index in [4.69, 9.17) is 0 Å². The summed E-state index contributed by atoms with van der Waals surface area (Å²) in [6, 6.07) is 0. The van der Waals surface area contributed by atoms with E-state index in [1.54, 1.807) is 0 Å². The molecule has 0 amide bonds. The van der Waals surface area contributed by atoms with Gasteiger partial charge < -0.3 is 5.43 Å². The molecule has 0 spiro atoms. The van der Waals surface area contributed by atoms with E-state index in [0.717, 1.165) is 12.1 Å². The normalized spacial score (nSPS) is 7.11. The molecule has 0 aliphatic carbocycles. The van der Waals surface area contributed by atoms with Crippen molar-refractivity contribution in [1.29, 1.82) is 0 Å². The Labute approximate surface area is 58.3 Å². The Kier molecular flexibility index (Phi) is 13.2. The molecule has 2 heteroatoms. The van der Waals surface area contributed by atoms with Crippen LogP contribution in [0.3, 0.4) is 0 Å². The smallest absolute Gasteiger partial charge is 0.0187 e. The van der Waals surface area contributed by atoms with Gasteiger partial charge in [0.1, 0.15) is 0 Å². The van der Waals surface area contributed by atoms with Crippen LogP contribution in [0.4, 0.5) is 0 Å². The monoisotopic (exact) mass is 130 g/mol. The fourth-order valence-electron chi connectivity index (χ4n) is 0.265. The molecule has 0 fully saturated rings. The molecule has 0 unspecified atom stereocenters. The first-order valence-electron chi connectivity index (χ1n) is 3.41. The van der Waals surface area contributed by atoms with Gasteiger partial charge in [-0.05, 0) is 6.42 Å². The van der Waals surface area contributed by atoms with Gasteiger partial charge in [0.15, 0.2) is 0 Å². The van der Waals surface area contributed by atoms with Crippen LogP contribution < -0.4 is 10.9 Å². The Morgan fingerprint density at radius 1 is 1.44 bits per heavy atom. The molecule has 0 aliphatic rings. The van der Waals surface area contributed by atoms with Crippen LogP contribution in [-0.4, -0.2) is 7.05 Å². The lowest BCUT2D eigenvalue weighted by Crippen LogP contribution is -2.25. The highest BCUT2D eigenvalue weighted by Crippen LogP contribution is 1.84. The van der Waals surface area contributed by atoms with E-state index in [-0.39, 0.29) is 0 Å². The Morgan fingerprint density at radius 3 is 2.00 bits per heavy atom. The first kappa shape index (κ1) is 11.3. The van der Waals surface area contributed by atoms with Crippen molar-refractivity contribution in [2.24, 2.45) is 0 Å². The quantitative estimate of drug-likeness (QED) is 0.568. The molecule has 0 aliphatic heterocycles. The molecule has 0 aromatic rings. The third kappa shape index (κ3) is 11.2. The highest BCUT2D eigenvalue weighted by Gasteiger charge is 1.79. The summed E-state index contributed by atoms with van der Waals surface area (Å²) in [5, 5.41) is 0. The van der Waals surface area contributed by atoms with E-state index in [1.165, 1.54) is 0 Å². The van der Waals surface area contributed by atoms with E-state index in [1.807, 2.05) is 27.8 Å². The van der Waals surface area contributed by atoms with Crippen molar-refractivity contribution in [2.75, 3.05) is 7.05 Å². The minimum Gasteiger partial charge on any atom is -0.326 e. The molecule has 2 N–H and O–H groups in total. The molecular weight excluding hydrogens is 112 g/mol. The third-order valence-electron chi connectivity index (χ3n) is 0.729. The van der Waals surface area contributed by atoms with Crippen LogP contribution in [0.5, 0.6) is 0 Å². The lowest BCUT2D eigenvalue weighted by molar-refractivity contribution is 0.669. The van der Waals surface area contributed by atoms with Crippen molar-refractivity contribution in [3.8, 4) is 0 Å². The van der Waals surface area contributed by atoms with E-state index in [9.17, 15) is 0 Å². The molecule has 0 rings (SSSR count). The molecule has 0 aromatic carbocycles. The van der Waals surface area contributed by atoms with Gasteiger partial charge in [-0.2, -0.15) is 0 Å². The molecule has 0 heterocycles.